The predicted octanol–water partition coefficient (Wildman–Crippen LogP) is 0.992. The van der Waals surface area contributed by atoms with E-state index in [1.54, 1.807) is 0 Å². The van der Waals surface area contributed by atoms with Gasteiger partial charge in [0.05, 0.1) is 5.69 Å². The lowest BCUT2D eigenvalue weighted by molar-refractivity contribution is 0.308. The van der Waals surface area contributed by atoms with Gasteiger partial charge in [0, 0.05) is 45.0 Å². The van der Waals surface area contributed by atoms with Gasteiger partial charge in [0.25, 0.3) is 0 Å². The second kappa shape index (κ2) is 4.97. The fraction of sp³-hybridized carbons (Fsp3) is 0.750. The molecule has 4 nitrogen and oxygen atoms in total. The number of hydrogen-bond acceptors (Lipinski definition) is 3. The zero-order chi connectivity index (χ0) is 11.5. The lowest BCUT2D eigenvalue weighted by atomic mass is 10.2. The summed E-state index contributed by atoms with van der Waals surface area (Å²) in [5, 5.41) is 7.80. The van der Waals surface area contributed by atoms with Crippen LogP contribution in [0.2, 0.25) is 0 Å². The van der Waals surface area contributed by atoms with E-state index in [1.165, 1.54) is 18.7 Å². The first kappa shape index (κ1) is 11.6. The van der Waals surface area contributed by atoms with Gasteiger partial charge in [0.15, 0.2) is 0 Å². The molecule has 4 heteroatoms. The molecule has 0 saturated carbocycles. The van der Waals surface area contributed by atoms with Gasteiger partial charge in [-0.2, -0.15) is 5.10 Å². The van der Waals surface area contributed by atoms with Crippen molar-refractivity contribution in [3.63, 3.8) is 0 Å². The summed E-state index contributed by atoms with van der Waals surface area (Å²) in [6.45, 7) is 7.79. The number of likely N-dealkylation sites (tertiary alicyclic amines) is 1. The molecule has 1 aliphatic rings. The Labute approximate surface area is 97.6 Å². The normalized spacial score (nSPS) is 22.1. The number of nitrogens with zero attached hydrogens (tertiary/aromatic N) is 3. The van der Waals surface area contributed by atoms with Gasteiger partial charge < -0.3 is 5.32 Å². The van der Waals surface area contributed by atoms with Crippen molar-refractivity contribution in [1.29, 1.82) is 0 Å². The number of aromatic nitrogens is 2. The van der Waals surface area contributed by atoms with Crippen LogP contribution < -0.4 is 5.32 Å². The maximum absolute atomic E-state index is 4.20. The molecule has 2 heterocycles. The monoisotopic (exact) mass is 222 g/mol. The van der Waals surface area contributed by atoms with Crippen LogP contribution in [0, 0.1) is 0 Å². The number of rotatable bonds is 4. The summed E-state index contributed by atoms with van der Waals surface area (Å²) in [5.41, 5.74) is 1.30. The topological polar surface area (TPSA) is 33.1 Å². The summed E-state index contributed by atoms with van der Waals surface area (Å²) < 4.78 is 1.96. The van der Waals surface area contributed by atoms with Gasteiger partial charge in [-0.05, 0) is 12.5 Å². The third-order valence-electron chi connectivity index (χ3n) is 3.15. The second-order valence-electron chi connectivity index (χ2n) is 4.99. The Bertz CT molecular complexity index is 332. The average Bonchev–Trinajstić information content (AvgIpc) is 2.77. The molecule has 1 fully saturated rings. The molecule has 0 aromatic carbocycles. The van der Waals surface area contributed by atoms with Crippen LogP contribution >= 0.6 is 0 Å². The third kappa shape index (κ3) is 2.83. The van der Waals surface area contributed by atoms with E-state index in [2.05, 4.69) is 35.2 Å². The molecule has 0 spiro atoms. The molecule has 1 aliphatic heterocycles. The molecule has 0 aliphatic carbocycles. The first-order chi connectivity index (χ1) is 7.65. The van der Waals surface area contributed by atoms with E-state index >= 15 is 0 Å². The van der Waals surface area contributed by atoms with E-state index in [1.807, 2.05) is 17.9 Å². The summed E-state index contributed by atoms with van der Waals surface area (Å²) in [7, 11) is 2.01. The minimum absolute atomic E-state index is 0.585. The van der Waals surface area contributed by atoms with Crippen molar-refractivity contribution in [2.75, 3.05) is 13.1 Å². The number of nitrogens with one attached hydrogen (secondary N) is 1. The van der Waals surface area contributed by atoms with Crippen molar-refractivity contribution in [2.45, 2.75) is 38.9 Å². The molecule has 1 unspecified atom stereocenters. The fourth-order valence-electron chi connectivity index (χ4n) is 2.37. The zero-order valence-corrected chi connectivity index (χ0v) is 10.5. The van der Waals surface area contributed by atoms with Crippen molar-refractivity contribution in [1.82, 2.24) is 20.0 Å². The molecular weight excluding hydrogens is 200 g/mol. The van der Waals surface area contributed by atoms with Crippen LogP contribution in [0.4, 0.5) is 0 Å². The van der Waals surface area contributed by atoms with Gasteiger partial charge in [-0.15, -0.1) is 0 Å². The Morgan fingerprint density at radius 2 is 2.38 bits per heavy atom. The maximum atomic E-state index is 4.20. The quantitative estimate of drug-likeness (QED) is 0.825. The van der Waals surface area contributed by atoms with E-state index in [-0.39, 0.29) is 0 Å². The van der Waals surface area contributed by atoms with Gasteiger partial charge in [-0.25, -0.2) is 0 Å². The zero-order valence-electron chi connectivity index (χ0n) is 10.5. The van der Waals surface area contributed by atoms with Crippen molar-refractivity contribution >= 4 is 0 Å². The van der Waals surface area contributed by atoms with Crippen LogP contribution in [-0.2, 0) is 13.6 Å². The molecule has 1 atom stereocenters. The highest BCUT2D eigenvalue weighted by Gasteiger charge is 2.23. The molecule has 1 N–H and O–H groups in total. The summed E-state index contributed by atoms with van der Waals surface area (Å²) in [6, 6.07) is 3.35. The second-order valence-corrected chi connectivity index (χ2v) is 4.99. The highest BCUT2D eigenvalue weighted by atomic mass is 15.3. The Morgan fingerprint density at radius 1 is 1.56 bits per heavy atom. The van der Waals surface area contributed by atoms with E-state index in [0.29, 0.717) is 12.1 Å². The van der Waals surface area contributed by atoms with Crippen molar-refractivity contribution in [2.24, 2.45) is 7.05 Å². The Balaban J connectivity index is 1.83. The highest BCUT2D eigenvalue weighted by molar-refractivity contribution is 5.00. The van der Waals surface area contributed by atoms with Crippen molar-refractivity contribution in [3.8, 4) is 0 Å². The summed E-state index contributed by atoms with van der Waals surface area (Å²) in [6.07, 6.45) is 3.13. The summed E-state index contributed by atoms with van der Waals surface area (Å²) in [5.74, 6) is 0. The van der Waals surface area contributed by atoms with Crippen LogP contribution in [-0.4, -0.2) is 39.9 Å². The van der Waals surface area contributed by atoms with Crippen LogP contribution in [0.15, 0.2) is 12.3 Å². The smallest absolute Gasteiger partial charge is 0.0521 e. The van der Waals surface area contributed by atoms with E-state index < -0.39 is 0 Å². The minimum Gasteiger partial charge on any atom is -0.310 e. The molecule has 1 saturated heterocycles. The summed E-state index contributed by atoms with van der Waals surface area (Å²) in [4.78, 5) is 2.50. The molecular formula is C12H22N4. The van der Waals surface area contributed by atoms with E-state index in [4.69, 9.17) is 0 Å². The summed E-state index contributed by atoms with van der Waals surface area (Å²) >= 11 is 0. The Kier molecular flexibility index (Phi) is 3.61. The molecule has 2 rings (SSSR count). The molecule has 1 aromatic rings. The van der Waals surface area contributed by atoms with Crippen LogP contribution in [0.3, 0.4) is 0 Å². The van der Waals surface area contributed by atoms with Gasteiger partial charge in [-0.1, -0.05) is 13.8 Å². The Morgan fingerprint density at radius 3 is 3.00 bits per heavy atom. The number of hydrogen-bond donors (Lipinski definition) is 1. The third-order valence-corrected chi connectivity index (χ3v) is 3.15. The first-order valence-electron chi connectivity index (χ1n) is 6.10. The SMILES string of the molecule is CC(C)NC1CCN(Cc2ccnn2C)C1. The van der Waals surface area contributed by atoms with E-state index in [9.17, 15) is 0 Å². The Hall–Kier alpha value is -0.870. The maximum Gasteiger partial charge on any atom is 0.0521 e. The lowest BCUT2D eigenvalue weighted by Crippen LogP contribution is -2.36. The average molecular weight is 222 g/mol. The molecule has 0 radical (unpaired) electrons. The molecule has 16 heavy (non-hydrogen) atoms. The van der Waals surface area contributed by atoms with E-state index in [0.717, 1.165) is 13.1 Å². The molecule has 0 bridgehead atoms. The van der Waals surface area contributed by atoms with Gasteiger partial charge >= 0.3 is 0 Å². The molecule has 90 valence electrons. The van der Waals surface area contributed by atoms with Gasteiger partial charge in [0.2, 0.25) is 0 Å². The highest BCUT2D eigenvalue weighted by Crippen LogP contribution is 2.13. The lowest BCUT2D eigenvalue weighted by Gasteiger charge is -2.18. The predicted molar refractivity (Wildman–Crippen MR) is 65.2 cm³/mol. The number of aryl methyl sites for hydroxylation is 1. The largest absolute Gasteiger partial charge is 0.310 e. The fourth-order valence-corrected chi connectivity index (χ4v) is 2.37. The van der Waals surface area contributed by atoms with Crippen LogP contribution in [0.25, 0.3) is 0 Å². The molecule has 0 amide bonds. The van der Waals surface area contributed by atoms with Crippen molar-refractivity contribution in [3.05, 3.63) is 18.0 Å². The van der Waals surface area contributed by atoms with Crippen molar-refractivity contribution < 1.29 is 0 Å². The van der Waals surface area contributed by atoms with Crippen LogP contribution in [0.5, 0.6) is 0 Å². The van der Waals surface area contributed by atoms with Crippen LogP contribution in [0.1, 0.15) is 26.0 Å². The molecule has 1 aromatic heterocycles. The van der Waals surface area contributed by atoms with Gasteiger partial charge in [0.1, 0.15) is 0 Å². The minimum atomic E-state index is 0.585. The first-order valence-corrected chi connectivity index (χ1v) is 6.10. The standard InChI is InChI=1S/C12H22N4/c1-10(2)14-11-5-7-16(8-11)9-12-4-6-13-15(12)3/h4,6,10-11,14H,5,7-9H2,1-3H3. The van der Waals surface area contributed by atoms with Gasteiger partial charge in [-0.3, -0.25) is 9.58 Å².